The Kier molecular flexibility index (Phi) is 6.68. The molecule has 0 unspecified atom stereocenters. The van der Waals surface area contributed by atoms with Crippen molar-refractivity contribution in [1.82, 2.24) is 14.5 Å². The Morgan fingerprint density at radius 1 is 1.19 bits per heavy atom. The van der Waals surface area contributed by atoms with Crippen molar-refractivity contribution in [3.63, 3.8) is 0 Å². The number of aromatic nitrogens is 2. The maximum atomic E-state index is 12.8. The number of likely N-dealkylation sites (tertiary alicyclic amines) is 1. The molecule has 1 aromatic heterocycles. The quantitative estimate of drug-likeness (QED) is 0.573. The van der Waals surface area contributed by atoms with Gasteiger partial charge < -0.3 is 9.64 Å². The van der Waals surface area contributed by atoms with Gasteiger partial charge in [0.25, 0.3) is 5.56 Å². The van der Waals surface area contributed by atoms with Gasteiger partial charge in [0.2, 0.25) is 5.91 Å². The first-order valence-corrected chi connectivity index (χ1v) is 10.1. The molecule has 0 aliphatic carbocycles. The number of para-hydroxylation sites is 1. The molecule has 1 saturated heterocycles. The van der Waals surface area contributed by atoms with E-state index in [0.717, 1.165) is 25.9 Å². The van der Waals surface area contributed by atoms with Crippen LogP contribution in [-0.4, -0.2) is 52.9 Å². The number of rotatable bonds is 6. The Morgan fingerprint density at radius 3 is 2.65 bits per heavy atom. The Bertz CT molecular complexity index is 813. The molecule has 2 heterocycles. The standard InChI is InChI=1S/C19H25N3O3S/c1-25-13-12-22-18(24)15-8-4-5-9-16(15)20-19(22)26-14-17(23)21-10-6-2-3-7-11-21/h4-5,8-9H,2-3,6-7,10-14H2,1H3. The number of methoxy groups -OCH3 is 1. The van der Waals surface area contributed by atoms with Crippen LogP contribution >= 0.6 is 11.8 Å². The maximum absolute atomic E-state index is 12.8. The van der Waals surface area contributed by atoms with Crippen LogP contribution in [0.2, 0.25) is 0 Å². The average Bonchev–Trinajstić information content (AvgIpc) is 2.95. The first-order chi connectivity index (χ1) is 12.7. The molecule has 0 N–H and O–H groups in total. The van der Waals surface area contributed by atoms with Gasteiger partial charge in [-0.1, -0.05) is 36.7 Å². The third kappa shape index (κ3) is 4.45. The van der Waals surface area contributed by atoms with Crippen LogP contribution in [0.5, 0.6) is 0 Å². The van der Waals surface area contributed by atoms with Gasteiger partial charge in [-0.15, -0.1) is 0 Å². The first kappa shape index (κ1) is 18.9. The monoisotopic (exact) mass is 375 g/mol. The van der Waals surface area contributed by atoms with E-state index in [1.54, 1.807) is 17.7 Å². The number of ether oxygens (including phenoxy) is 1. The van der Waals surface area contributed by atoms with E-state index in [1.165, 1.54) is 24.6 Å². The molecule has 7 heteroatoms. The molecule has 6 nitrogen and oxygen atoms in total. The highest BCUT2D eigenvalue weighted by molar-refractivity contribution is 7.99. The highest BCUT2D eigenvalue weighted by atomic mass is 32.2. The number of thioether (sulfide) groups is 1. The number of nitrogens with zero attached hydrogens (tertiary/aromatic N) is 3. The van der Waals surface area contributed by atoms with Crippen LogP contribution in [0.4, 0.5) is 0 Å². The van der Waals surface area contributed by atoms with Gasteiger partial charge in [0.15, 0.2) is 5.16 Å². The van der Waals surface area contributed by atoms with Crippen molar-refractivity contribution in [2.75, 3.05) is 32.6 Å². The second-order valence-corrected chi connectivity index (χ2v) is 7.39. The summed E-state index contributed by atoms with van der Waals surface area (Å²) in [7, 11) is 1.61. The van der Waals surface area contributed by atoms with E-state index in [9.17, 15) is 9.59 Å². The van der Waals surface area contributed by atoms with E-state index in [1.807, 2.05) is 23.1 Å². The van der Waals surface area contributed by atoms with Crippen molar-refractivity contribution in [2.24, 2.45) is 0 Å². The number of carbonyl (C=O) groups excluding carboxylic acids is 1. The van der Waals surface area contributed by atoms with Crippen molar-refractivity contribution < 1.29 is 9.53 Å². The minimum atomic E-state index is -0.0858. The van der Waals surface area contributed by atoms with Crippen LogP contribution in [0, 0.1) is 0 Å². The summed E-state index contributed by atoms with van der Waals surface area (Å²) in [6.45, 7) is 2.52. The molecule has 140 valence electrons. The molecule has 3 rings (SSSR count). The predicted molar refractivity (Wildman–Crippen MR) is 104 cm³/mol. The summed E-state index contributed by atoms with van der Waals surface area (Å²) in [5.74, 6) is 0.426. The summed E-state index contributed by atoms with van der Waals surface area (Å²) in [4.78, 5) is 31.9. The van der Waals surface area contributed by atoms with Gasteiger partial charge in [-0.3, -0.25) is 14.2 Å². The lowest BCUT2D eigenvalue weighted by molar-refractivity contribution is -0.128. The van der Waals surface area contributed by atoms with Gasteiger partial charge in [0.1, 0.15) is 0 Å². The summed E-state index contributed by atoms with van der Waals surface area (Å²) < 4.78 is 6.75. The second-order valence-electron chi connectivity index (χ2n) is 6.44. The average molecular weight is 375 g/mol. The lowest BCUT2D eigenvalue weighted by Crippen LogP contribution is -2.33. The largest absolute Gasteiger partial charge is 0.383 e. The zero-order valence-corrected chi connectivity index (χ0v) is 16.0. The van der Waals surface area contributed by atoms with E-state index < -0.39 is 0 Å². The van der Waals surface area contributed by atoms with E-state index in [4.69, 9.17) is 4.74 Å². The van der Waals surface area contributed by atoms with Crippen molar-refractivity contribution in [2.45, 2.75) is 37.4 Å². The summed E-state index contributed by atoms with van der Waals surface area (Å²) in [5.41, 5.74) is 0.577. The number of fused-ring (bicyclic) bond motifs is 1. The number of hydrogen-bond acceptors (Lipinski definition) is 5. The number of hydrogen-bond donors (Lipinski definition) is 0. The Labute approximate surface area is 157 Å². The minimum Gasteiger partial charge on any atom is -0.383 e. The second kappa shape index (κ2) is 9.19. The molecule has 1 aliphatic rings. The van der Waals surface area contributed by atoms with Crippen molar-refractivity contribution >= 4 is 28.6 Å². The molecule has 1 aliphatic heterocycles. The molecule has 0 radical (unpaired) electrons. The minimum absolute atomic E-state index is 0.0858. The maximum Gasteiger partial charge on any atom is 0.262 e. The Balaban J connectivity index is 1.81. The van der Waals surface area contributed by atoms with Crippen LogP contribution < -0.4 is 5.56 Å². The molecular formula is C19H25N3O3S. The summed E-state index contributed by atoms with van der Waals surface area (Å²) in [6, 6.07) is 7.32. The molecule has 26 heavy (non-hydrogen) atoms. The smallest absolute Gasteiger partial charge is 0.262 e. The Hall–Kier alpha value is -1.86. The first-order valence-electron chi connectivity index (χ1n) is 9.10. The highest BCUT2D eigenvalue weighted by Gasteiger charge is 2.18. The normalized spacial score (nSPS) is 15.2. The lowest BCUT2D eigenvalue weighted by atomic mass is 10.2. The van der Waals surface area contributed by atoms with E-state index in [-0.39, 0.29) is 11.5 Å². The van der Waals surface area contributed by atoms with E-state index in [2.05, 4.69) is 4.98 Å². The molecule has 0 saturated carbocycles. The van der Waals surface area contributed by atoms with Crippen LogP contribution in [0.3, 0.4) is 0 Å². The van der Waals surface area contributed by atoms with Crippen molar-refractivity contribution in [3.8, 4) is 0 Å². The number of benzene rings is 1. The van der Waals surface area contributed by atoms with Crippen LogP contribution in [0.1, 0.15) is 25.7 Å². The van der Waals surface area contributed by atoms with Crippen LogP contribution in [0.25, 0.3) is 10.9 Å². The molecule has 1 aromatic carbocycles. The fourth-order valence-corrected chi connectivity index (χ4v) is 4.10. The van der Waals surface area contributed by atoms with Crippen molar-refractivity contribution in [1.29, 1.82) is 0 Å². The number of amides is 1. The third-order valence-electron chi connectivity index (χ3n) is 4.63. The summed E-state index contributed by atoms with van der Waals surface area (Å²) >= 11 is 1.34. The Morgan fingerprint density at radius 2 is 1.92 bits per heavy atom. The zero-order chi connectivity index (χ0) is 18.4. The van der Waals surface area contributed by atoms with E-state index in [0.29, 0.717) is 35.0 Å². The topological polar surface area (TPSA) is 64.4 Å². The molecule has 1 amide bonds. The summed E-state index contributed by atoms with van der Waals surface area (Å²) in [5, 5.41) is 1.17. The fourth-order valence-electron chi connectivity index (χ4n) is 3.18. The lowest BCUT2D eigenvalue weighted by Gasteiger charge is -2.20. The SMILES string of the molecule is COCCn1c(SCC(=O)N2CCCCCC2)nc2ccccc2c1=O. The van der Waals surface area contributed by atoms with Crippen LogP contribution in [0.15, 0.2) is 34.2 Å². The predicted octanol–water partition coefficient (Wildman–Crippen LogP) is 2.54. The highest BCUT2D eigenvalue weighted by Crippen LogP contribution is 2.19. The molecule has 0 atom stereocenters. The third-order valence-corrected chi connectivity index (χ3v) is 5.59. The molecule has 0 spiro atoms. The number of carbonyl (C=O) groups is 1. The molecule has 1 fully saturated rings. The van der Waals surface area contributed by atoms with Crippen molar-refractivity contribution in [3.05, 3.63) is 34.6 Å². The van der Waals surface area contributed by atoms with Gasteiger partial charge in [-0.25, -0.2) is 4.98 Å². The summed E-state index contributed by atoms with van der Waals surface area (Å²) in [6.07, 6.45) is 4.53. The van der Waals surface area contributed by atoms with Gasteiger partial charge in [-0.05, 0) is 25.0 Å². The van der Waals surface area contributed by atoms with Crippen LogP contribution in [-0.2, 0) is 16.1 Å². The van der Waals surface area contributed by atoms with E-state index >= 15 is 0 Å². The van der Waals surface area contributed by atoms with Gasteiger partial charge >= 0.3 is 0 Å². The van der Waals surface area contributed by atoms with Gasteiger partial charge in [-0.2, -0.15) is 0 Å². The van der Waals surface area contributed by atoms with Gasteiger partial charge in [0, 0.05) is 20.2 Å². The zero-order valence-electron chi connectivity index (χ0n) is 15.1. The fraction of sp³-hybridized carbons (Fsp3) is 0.526. The van der Waals surface area contributed by atoms with Gasteiger partial charge in [0.05, 0.1) is 29.8 Å². The molecule has 2 aromatic rings. The molecule has 0 bridgehead atoms. The molecular weight excluding hydrogens is 350 g/mol.